The normalized spacial score (nSPS) is 10.3. The summed E-state index contributed by atoms with van der Waals surface area (Å²) in [5.74, 6) is -0.559. The minimum atomic E-state index is -0.334. The Balaban J connectivity index is 2.23. The highest BCUT2D eigenvalue weighted by Crippen LogP contribution is 2.18. The number of halogens is 2. The number of carbonyl (C=O) groups is 1. The molecule has 0 spiro atoms. The van der Waals surface area contributed by atoms with E-state index in [0.29, 0.717) is 11.1 Å². The van der Waals surface area contributed by atoms with Crippen LogP contribution in [0.3, 0.4) is 0 Å². The first kappa shape index (κ1) is 14.0. The molecule has 0 atom stereocenters. The molecule has 2 aromatic carbocycles. The fraction of sp³-hybridized carbons (Fsp3) is 0.133. The van der Waals surface area contributed by atoms with Gasteiger partial charge < -0.3 is 5.32 Å². The minimum Gasteiger partial charge on any atom is -0.322 e. The van der Waals surface area contributed by atoms with E-state index < -0.39 is 0 Å². The van der Waals surface area contributed by atoms with Gasteiger partial charge in [-0.25, -0.2) is 4.39 Å². The van der Waals surface area contributed by atoms with E-state index in [4.69, 9.17) is 0 Å². The largest absolute Gasteiger partial charge is 0.322 e. The summed E-state index contributed by atoms with van der Waals surface area (Å²) in [4.78, 5) is 12.1. The van der Waals surface area contributed by atoms with Gasteiger partial charge in [-0.3, -0.25) is 4.79 Å². The molecule has 0 heterocycles. The maximum atomic E-state index is 13.0. The predicted molar refractivity (Wildman–Crippen MR) is 83.0 cm³/mol. The number of nitrogens with one attached hydrogen (secondary N) is 1. The number of amides is 1. The monoisotopic (exact) mass is 369 g/mol. The standard InChI is InChI=1S/C15H13FINO/c1-9-3-5-12(8-14(9)17)18-15(19)13-6-4-11(16)7-10(13)2/h3-8H,1-2H3,(H,18,19). The summed E-state index contributed by atoms with van der Waals surface area (Å²) in [5.41, 5.74) is 3.01. The molecule has 0 aliphatic heterocycles. The first-order chi connectivity index (χ1) is 8.97. The van der Waals surface area contributed by atoms with Crippen LogP contribution >= 0.6 is 22.6 Å². The Hall–Kier alpha value is -1.43. The van der Waals surface area contributed by atoms with Crippen molar-refractivity contribution in [3.8, 4) is 0 Å². The number of anilines is 1. The second-order valence-electron chi connectivity index (χ2n) is 4.38. The number of hydrogen-bond donors (Lipinski definition) is 1. The van der Waals surface area contributed by atoms with Gasteiger partial charge in [-0.15, -0.1) is 0 Å². The highest BCUT2D eigenvalue weighted by Gasteiger charge is 2.10. The number of benzene rings is 2. The Kier molecular flexibility index (Phi) is 4.19. The Morgan fingerprint density at radius 2 is 1.84 bits per heavy atom. The van der Waals surface area contributed by atoms with Crippen LogP contribution in [0.1, 0.15) is 21.5 Å². The molecule has 2 rings (SSSR count). The molecule has 0 bridgehead atoms. The third kappa shape index (κ3) is 3.32. The molecule has 0 aliphatic carbocycles. The molecule has 0 aromatic heterocycles. The van der Waals surface area contributed by atoms with Crippen molar-refractivity contribution >= 4 is 34.2 Å². The molecule has 2 aromatic rings. The van der Waals surface area contributed by atoms with Crippen molar-refractivity contribution in [2.75, 3.05) is 5.32 Å². The Bertz CT molecular complexity index is 640. The summed E-state index contributed by atoms with van der Waals surface area (Å²) in [7, 11) is 0. The number of rotatable bonds is 2. The van der Waals surface area contributed by atoms with Gasteiger partial charge in [-0.2, -0.15) is 0 Å². The summed E-state index contributed by atoms with van der Waals surface area (Å²) in [6.45, 7) is 3.73. The maximum Gasteiger partial charge on any atom is 0.255 e. The lowest BCUT2D eigenvalue weighted by Gasteiger charge is -2.09. The van der Waals surface area contributed by atoms with Crippen molar-refractivity contribution < 1.29 is 9.18 Å². The predicted octanol–water partition coefficient (Wildman–Crippen LogP) is 4.30. The fourth-order valence-electron chi connectivity index (χ4n) is 1.75. The molecule has 19 heavy (non-hydrogen) atoms. The van der Waals surface area contributed by atoms with E-state index in [9.17, 15) is 9.18 Å². The van der Waals surface area contributed by atoms with Crippen LogP contribution in [0.2, 0.25) is 0 Å². The zero-order chi connectivity index (χ0) is 14.0. The average molecular weight is 369 g/mol. The molecule has 4 heteroatoms. The van der Waals surface area contributed by atoms with Gasteiger partial charge in [0.1, 0.15) is 5.82 Å². The van der Waals surface area contributed by atoms with Gasteiger partial charge in [0, 0.05) is 14.8 Å². The van der Waals surface area contributed by atoms with E-state index in [2.05, 4.69) is 27.9 Å². The Labute approximate surface area is 125 Å². The molecule has 0 fully saturated rings. The van der Waals surface area contributed by atoms with Crippen LogP contribution in [-0.2, 0) is 0 Å². The van der Waals surface area contributed by atoms with Crippen molar-refractivity contribution in [2.45, 2.75) is 13.8 Å². The molecule has 0 aliphatic rings. The van der Waals surface area contributed by atoms with Gasteiger partial charge in [0.25, 0.3) is 5.91 Å². The van der Waals surface area contributed by atoms with Crippen molar-refractivity contribution in [3.05, 3.63) is 62.5 Å². The minimum absolute atomic E-state index is 0.225. The van der Waals surface area contributed by atoms with Gasteiger partial charge >= 0.3 is 0 Å². The van der Waals surface area contributed by atoms with Crippen molar-refractivity contribution in [1.82, 2.24) is 0 Å². The SMILES string of the molecule is Cc1ccc(NC(=O)c2ccc(F)cc2C)cc1I. The zero-order valence-electron chi connectivity index (χ0n) is 10.6. The van der Waals surface area contributed by atoms with Crippen LogP contribution in [0.25, 0.3) is 0 Å². The molecule has 1 amide bonds. The third-order valence-electron chi connectivity index (χ3n) is 2.86. The van der Waals surface area contributed by atoms with Crippen LogP contribution in [-0.4, -0.2) is 5.91 Å². The number of carbonyl (C=O) groups excluding carboxylic acids is 1. The number of aryl methyl sites for hydroxylation is 2. The second kappa shape index (κ2) is 5.69. The van der Waals surface area contributed by atoms with E-state index in [0.717, 1.165) is 14.8 Å². The highest BCUT2D eigenvalue weighted by molar-refractivity contribution is 14.1. The molecule has 0 saturated carbocycles. The van der Waals surface area contributed by atoms with Crippen molar-refractivity contribution in [2.24, 2.45) is 0 Å². The van der Waals surface area contributed by atoms with E-state index in [1.807, 2.05) is 25.1 Å². The molecule has 2 nitrogen and oxygen atoms in total. The smallest absolute Gasteiger partial charge is 0.255 e. The van der Waals surface area contributed by atoms with Crippen molar-refractivity contribution in [1.29, 1.82) is 0 Å². The van der Waals surface area contributed by atoms with Crippen LogP contribution < -0.4 is 5.32 Å². The van der Waals surface area contributed by atoms with Gasteiger partial charge in [0.05, 0.1) is 0 Å². The van der Waals surface area contributed by atoms with E-state index in [-0.39, 0.29) is 11.7 Å². The van der Waals surface area contributed by atoms with Crippen LogP contribution in [0.15, 0.2) is 36.4 Å². The van der Waals surface area contributed by atoms with Gasteiger partial charge in [0.2, 0.25) is 0 Å². The Morgan fingerprint density at radius 3 is 2.47 bits per heavy atom. The quantitative estimate of drug-likeness (QED) is 0.786. The molecular weight excluding hydrogens is 356 g/mol. The average Bonchev–Trinajstić information content (AvgIpc) is 2.33. The first-order valence-corrected chi connectivity index (χ1v) is 6.89. The van der Waals surface area contributed by atoms with E-state index >= 15 is 0 Å². The molecule has 0 unspecified atom stereocenters. The summed E-state index contributed by atoms with van der Waals surface area (Å²) < 4.78 is 14.1. The molecule has 0 radical (unpaired) electrons. The molecule has 98 valence electrons. The lowest BCUT2D eigenvalue weighted by molar-refractivity contribution is 0.102. The molecular formula is C15H13FINO. The lowest BCUT2D eigenvalue weighted by Crippen LogP contribution is -2.13. The van der Waals surface area contributed by atoms with Gasteiger partial charge in [0.15, 0.2) is 0 Å². The summed E-state index contributed by atoms with van der Waals surface area (Å²) >= 11 is 2.22. The highest BCUT2D eigenvalue weighted by atomic mass is 127. The lowest BCUT2D eigenvalue weighted by atomic mass is 10.1. The summed E-state index contributed by atoms with van der Waals surface area (Å²) in [6, 6.07) is 9.86. The number of hydrogen-bond acceptors (Lipinski definition) is 1. The Morgan fingerprint density at radius 1 is 1.11 bits per heavy atom. The van der Waals surface area contributed by atoms with E-state index in [1.165, 1.54) is 18.2 Å². The molecule has 1 N–H and O–H groups in total. The van der Waals surface area contributed by atoms with E-state index in [1.54, 1.807) is 6.92 Å². The fourth-order valence-corrected chi connectivity index (χ4v) is 2.27. The summed E-state index contributed by atoms with van der Waals surface area (Å²) in [5, 5.41) is 2.82. The van der Waals surface area contributed by atoms with Crippen LogP contribution in [0.5, 0.6) is 0 Å². The summed E-state index contributed by atoms with van der Waals surface area (Å²) in [6.07, 6.45) is 0. The topological polar surface area (TPSA) is 29.1 Å². The van der Waals surface area contributed by atoms with Crippen LogP contribution in [0.4, 0.5) is 10.1 Å². The maximum absolute atomic E-state index is 13.0. The van der Waals surface area contributed by atoms with Crippen LogP contribution in [0, 0.1) is 23.2 Å². The molecule has 0 saturated heterocycles. The second-order valence-corrected chi connectivity index (χ2v) is 5.54. The first-order valence-electron chi connectivity index (χ1n) is 5.81. The van der Waals surface area contributed by atoms with Crippen molar-refractivity contribution in [3.63, 3.8) is 0 Å². The third-order valence-corrected chi connectivity index (χ3v) is 4.02. The van der Waals surface area contributed by atoms with Gasteiger partial charge in [-0.1, -0.05) is 6.07 Å². The van der Waals surface area contributed by atoms with Gasteiger partial charge in [-0.05, 0) is 77.9 Å². The zero-order valence-corrected chi connectivity index (χ0v) is 12.8.